The fourth-order valence-electron chi connectivity index (χ4n) is 1.78. The Morgan fingerprint density at radius 3 is 2.28 bits per heavy atom. The van der Waals surface area contributed by atoms with Crippen LogP contribution in [0.4, 0.5) is 0 Å². The number of hydrogen-bond donors (Lipinski definition) is 1. The second-order valence-electron chi connectivity index (χ2n) is 3.91. The number of hydrogen-bond acceptors (Lipinski definition) is 2. The zero-order valence-electron chi connectivity index (χ0n) is 10.2. The van der Waals surface area contributed by atoms with E-state index in [0.29, 0.717) is 13.2 Å². The maximum absolute atomic E-state index is 5.63. The minimum Gasteiger partial charge on any atom is -0.492 e. The summed E-state index contributed by atoms with van der Waals surface area (Å²) in [6, 6.07) is 18.5. The minimum atomic E-state index is 0. The highest BCUT2D eigenvalue weighted by Gasteiger charge is 2.03. The summed E-state index contributed by atoms with van der Waals surface area (Å²) >= 11 is 0. The quantitative estimate of drug-likeness (QED) is 0.900. The lowest BCUT2D eigenvalue weighted by atomic mass is 10.0. The van der Waals surface area contributed by atoms with Gasteiger partial charge in [0.2, 0.25) is 0 Å². The summed E-state index contributed by atoms with van der Waals surface area (Å²) in [5, 5.41) is 0. The van der Waals surface area contributed by atoms with Gasteiger partial charge in [-0.25, -0.2) is 0 Å². The van der Waals surface area contributed by atoms with Crippen molar-refractivity contribution in [1.29, 1.82) is 0 Å². The maximum Gasteiger partial charge on any atom is 0.122 e. The van der Waals surface area contributed by atoms with Gasteiger partial charge in [-0.15, -0.1) is 12.4 Å². The molecular formula is C15H18ClNO. The van der Waals surface area contributed by atoms with E-state index in [1.807, 2.05) is 24.3 Å². The van der Waals surface area contributed by atoms with Gasteiger partial charge in [0.25, 0.3) is 0 Å². The molecule has 0 aliphatic rings. The van der Waals surface area contributed by atoms with Gasteiger partial charge in [-0.3, -0.25) is 0 Å². The molecule has 0 aliphatic carbocycles. The molecule has 0 aromatic heterocycles. The third-order valence-electron chi connectivity index (χ3n) is 2.59. The van der Waals surface area contributed by atoms with Gasteiger partial charge in [-0.2, -0.15) is 0 Å². The number of ether oxygens (including phenoxy) is 1. The molecule has 0 amide bonds. The van der Waals surface area contributed by atoms with Crippen LogP contribution >= 0.6 is 12.4 Å². The molecule has 2 aromatic rings. The van der Waals surface area contributed by atoms with Gasteiger partial charge in [0.1, 0.15) is 12.4 Å². The number of nitrogens with two attached hydrogens (primary N) is 1. The number of rotatable bonds is 5. The third kappa shape index (κ3) is 4.06. The second kappa shape index (κ2) is 7.75. The highest BCUT2D eigenvalue weighted by atomic mass is 35.5. The van der Waals surface area contributed by atoms with Crippen molar-refractivity contribution in [1.82, 2.24) is 0 Å². The molecule has 0 radical (unpaired) electrons. The molecule has 18 heavy (non-hydrogen) atoms. The van der Waals surface area contributed by atoms with Crippen LogP contribution in [0.3, 0.4) is 0 Å². The zero-order valence-corrected chi connectivity index (χ0v) is 11.0. The predicted octanol–water partition coefficient (Wildman–Crippen LogP) is 3.04. The molecule has 0 spiro atoms. The van der Waals surface area contributed by atoms with Crippen LogP contribution in [0, 0.1) is 0 Å². The van der Waals surface area contributed by atoms with Gasteiger partial charge < -0.3 is 10.5 Å². The summed E-state index contributed by atoms with van der Waals surface area (Å²) in [4.78, 5) is 0. The van der Waals surface area contributed by atoms with Crippen molar-refractivity contribution in [3.8, 4) is 5.75 Å². The van der Waals surface area contributed by atoms with Gasteiger partial charge in [0.05, 0.1) is 0 Å². The lowest BCUT2D eigenvalue weighted by Gasteiger charge is -2.10. The van der Waals surface area contributed by atoms with Crippen molar-refractivity contribution >= 4 is 12.4 Å². The smallest absolute Gasteiger partial charge is 0.122 e. The van der Waals surface area contributed by atoms with E-state index >= 15 is 0 Å². The van der Waals surface area contributed by atoms with Gasteiger partial charge in [0, 0.05) is 13.0 Å². The van der Waals surface area contributed by atoms with Crippen molar-refractivity contribution in [2.24, 2.45) is 5.73 Å². The molecule has 2 nitrogen and oxygen atoms in total. The highest BCUT2D eigenvalue weighted by molar-refractivity contribution is 5.85. The summed E-state index contributed by atoms with van der Waals surface area (Å²) in [6.45, 7) is 1.10. The second-order valence-corrected chi connectivity index (χ2v) is 3.91. The molecule has 0 saturated heterocycles. The Labute approximate surface area is 114 Å². The summed E-state index contributed by atoms with van der Waals surface area (Å²) in [5.41, 5.74) is 7.94. The lowest BCUT2D eigenvalue weighted by Crippen LogP contribution is -2.11. The monoisotopic (exact) mass is 263 g/mol. The zero-order chi connectivity index (χ0) is 11.9. The van der Waals surface area contributed by atoms with E-state index in [1.165, 1.54) is 11.1 Å². The molecule has 0 bridgehead atoms. The fourth-order valence-corrected chi connectivity index (χ4v) is 1.78. The average Bonchev–Trinajstić information content (AvgIpc) is 2.39. The molecule has 0 fully saturated rings. The summed E-state index contributed by atoms with van der Waals surface area (Å²) in [7, 11) is 0. The molecule has 0 saturated carbocycles. The van der Waals surface area contributed by atoms with Crippen LogP contribution in [-0.2, 0) is 6.42 Å². The first-order valence-corrected chi connectivity index (χ1v) is 5.85. The minimum absolute atomic E-state index is 0. The Hall–Kier alpha value is -1.51. The Bertz CT molecular complexity index is 459. The topological polar surface area (TPSA) is 35.2 Å². The van der Waals surface area contributed by atoms with Crippen molar-refractivity contribution in [2.45, 2.75) is 6.42 Å². The molecule has 3 heteroatoms. The average molecular weight is 264 g/mol. The van der Waals surface area contributed by atoms with Crippen molar-refractivity contribution in [3.05, 3.63) is 65.7 Å². The largest absolute Gasteiger partial charge is 0.492 e. The summed E-state index contributed by atoms with van der Waals surface area (Å²) < 4.78 is 5.63. The lowest BCUT2D eigenvalue weighted by molar-refractivity contribution is 0.325. The predicted molar refractivity (Wildman–Crippen MR) is 77.5 cm³/mol. The molecule has 2 rings (SSSR count). The molecule has 2 N–H and O–H groups in total. The van der Waals surface area contributed by atoms with Crippen LogP contribution in [0.5, 0.6) is 5.75 Å². The summed E-state index contributed by atoms with van der Waals surface area (Å²) in [5.74, 6) is 0.932. The Morgan fingerprint density at radius 1 is 0.889 bits per heavy atom. The maximum atomic E-state index is 5.63. The summed E-state index contributed by atoms with van der Waals surface area (Å²) in [6.07, 6.45) is 0.890. The van der Waals surface area contributed by atoms with E-state index in [2.05, 4.69) is 30.3 Å². The van der Waals surface area contributed by atoms with Crippen LogP contribution in [0.2, 0.25) is 0 Å². The van der Waals surface area contributed by atoms with Gasteiger partial charge in [0.15, 0.2) is 0 Å². The van der Waals surface area contributed by atoms with Crippen LogP contribution < -0.4 is 10.5 Å². The molecule has 0 unspecified atom stereocenters. The van der Waals surface area contributed by atoms with Crippen molar-refractivity contribution in [3.63, 3.8) is 0 Å². The highest BCUT2D eigenvalue weighted by Crippen LogP contribution is 2.21. The van der Waals surface area contributed by atoms with Gasteiger partial charge in [-0.05, 0) is 17.2 Å². The molecular weight excluding hydrogens is 246 g/mol. The fraction of sp³-hybridized carbons (Fsp3) is 0.200. The first kappa shape index (κ1) is 14.6. The number of benzene rings is 2. The first-order chi connectivity index (χ1) is 8.40. The SMILES string of the molecule is Cl.NCCOc1ccccc1Cc1ccccc1. The first-order valence-electron chi connectivity index (χ1n) is 5.85. The van der Waals surface area contributed by atoms with Crippen LogP contribution in [0.1, 0.15) is 11.1 Å². The van der Waals surface area contributed by atoms with E-state index in [0.717, 1.165) is 12.2 Å². The van der Waals surface area contributed by atoms with E-state index in [-0.39, 0.29) is 12.4 Å². The standard InChI is InChI=1S/C15H17NO.ClH/c16-10-11-17-15-9-5-4-8-14(15)12-13-6-2-1-3-7-13;/h1-9H,10-12,16H2;1H. The van der Waals surface area contributed by atoms with Gasteiger partial charge in [-0.1, -0.05) is 48.5 Å². The molecule has 0 heterocycles. The Balaban J connectivity index is 0.00000162. The van der Waals surface area contributed by atoms with Crippen molar-refractivity contribution in [2.75, 3.05) is 13.2 Å². The molecule has 0 atom stereocenters. The van der Waals surface area contributed by atoms with E-state index in [9.17, 15) is 0 Å². The van der Waals surface area contributed by atoms with Crippen molar-refractivity contribution < 1.29 is 4.74 Å². The van der Waals surface area contributed by atoms with E-state index in [4.69, 9.17) is 10.5 Å². The van der Waals surface area contributed by atoms with E-state index < -0.39 is 0 Å². The van der Waals surface area contributed by atoms with Crippen LogP contribution in [0.15, 0.2) is 54.6 Å². The molecule has 96 valence electrons. The van der Waals surface area contributed by atoms with Crippen LogP contribution in [0.25, 0.3) is 0 Å². The normalized spacial score (nSPS) is 9.61. The third-order valence-corrected chi connectivity index (χ3v) is 2.59. The molecule has 2 aromatic carbocycles. The Kier molecular flexibility index (Phi) is 6.26. The van der Waals surface area contributed by atoms with Gasteiger partial charge >= 0.3 is 0 Å². The molecule has 0 aliphatic heterocycles. The van der Waals surface area contributed by atoms with E-state index in [1.54, 1.807) is 0 Å². The number of halogens is 1. The number of para-hydroxylation sites is 1. The van der Waals surface area contributed by atoms with Crippen LogP contribution in [-0.4, -0.2) is 13.2 Å². The Morgan fingerprint density at radius 2 is 1.56 bits per heavy atom.